The number of methoxy groups -OCH3 is 3. The molecule has 2 aromatic carbocycles. The zero-order valence-corrected chi connectivity index (χ0v) is 44.3. The lowest BCUT2D eigenvalue weighted by Gasteiger charge is -2.32. The van der Waals surface area contributed by atoms with Crippen molar-refractivity contribution in [3.05, 3.63) is 88.1 Å². The van der Waals surface area contributed by atoms with Gasteiger partial charge in [-0.05, 0) is 62.0 Å². The molecule has 1 aliphatic carbocycles. The van der Waals surface area contributed by atoms with Gasteiger partial charge in [-0.15, -0.1) is 0 Å². The lowest BCUT2D eigenvalue weighted by atomic mass is 10.0. The van der Waals surface area contributed by atoms with Gasteiger partial charge < -0.3 is 59.2 Å². The quantitative estimate of drug-likeness (QED) is 0.0495. The van der Waals surface area contributed by atoms with E-state index in [0.29, 0.717) is 118 Å². The van der Waals surface area contributed by atoms with Gasteiger partial charge in [0.1, 0.15) is 34.3 Å². The molecule has 23 heteroatoms. The average Bonchev–Trinajstić information content (AvgIpc) is 4.04. The van der Waals surface area contributed by atoms with Crippen molar-refractivity contribution in [3.63, 3.8) is 0 Å². The van der Waals surface area contributed by atoms with E-state index in [9.17, 15) is 9.59 Å². The third-order valence-corrected chi connectivity index (χ3v) is 14.5. The van der Waals surface area contributed by atoms with Crippen LogP contribution in [0.25, 0.3) is 44.2 Å². The minimum absolute atomic E-state index is 0.0524. The molecule has 2 aliphatic heterocycles. The molecular weight excluding hydrogens is 1050 g/mol. The van der Waals surface area contributed by atoms with E-state index in [4.69, 9.17) is 104 Å². The number of halogens is 4. The Bertz CT molecular complexity index is 3140. The number of fused-ring (bicyclic) bond motifs is 2. The van der Waals surface area contributed by atoms with Crippen LogP contribution in [-0.4, -0.2) is 128 Å². The summed E-state index contributed by atoms with van der Waals surface area (Å²) in [5, 5.41) is 15.4. The molecule has 19 nitrogen and oxygen atoms in total. The molecule has 6 heterocycles. The summed E-state index contributed by atoms with van der Waals surface area (Å²) in [6, 6.07) is 7.55. The summed E-state index contributed by atoms with van der Waals surface area (Å²) in [5.74, 6) is 2.20. The Kier molecular flexibility index (Phi) is 16.7. The molecule has 6 aromatic rings. The second-order valence-electron chi connectivity index (χ2n) is 17.8. The number of ether oxygens (including phenoxy) is 8. The van der Waals surface area contributed by atoms with Gasteiger partial charge in [-0.3, -0.25) is 9.59 Å². The number of aromatic nitrogens is 5. The number of amides is 2. The van der Waals surface area contributed by atoms with E-state index >= 15 is 0 Å². The smallest absolute Gasteiger partial charge is 0.243 e. The van der Waals surface area contributed by atoms with Gasteiger partial charge in [0.2, 0.25) is 29.5 Å². The number of hydrogen-bond acceptors (Lipinski definition) is 17. The number of carbonyl (C=O) groups excluding carboxylic acids is 2. The van der Waals surface area contributed by atoms with Gasteiger partial charge in [0.25, 0.3) is 0 Å². The molecule has 9 rings (SSSR count). The molecule has 394 valence electrons. The summed E-state index contributed by atoms with van der Waals surface area (Å²) >= 11 is 27.9. The highest BCUT2D eigenvalue weighted by molar-refractivity contribution is 6.41. The summed E-state index contributed by atoms with van der Waals surface area (Å²) < 4.78 is 47.3. The number of benzene rings is 2. The number of rotatable bonds is 21. The van der Waals surface area contributed by atoms with Crippen molar-refractivity contribution in [2.75, 3.05) is 78.2 Å². The third kappa shape index (κ3) is 11.6. The summed E-state index contributed by atoms with van der Waals surface area (Å²) in [6.07, 6.45) is 7.19. The highest BCUT2D eigenvalue weighted by Crippen LogP contribution is 2.49. The van der Waals surface area contributed by atoms with E-state index in [0.717, 1.165) is 6.42 Å². The number of carbonyl (C=O) groups is 2. The Labute approximate surface area is 451 Å². The van der Waals surface area contributed by atoms with E-state index in [-0.39, 0.29) is 93.0 Å². The van der Waals surface area contributed by atoms with Crippen LogP contribution in [-0.2, 0) is 19.1 Å². The number of nitrogens with one attached hydrogen (secondary N) is 4. The third-order valence-electron chi connectivity index (χ3n) is 13.0. The lowest BCUT2D eigenvalue weighted by molar-refractivity contribution is -0.118. The van der Waals surface area contributed by atoms with Gasteiger partial charge >= 0.3 is 0 Å². The molecule has 75 heavy (non-hydrogen) atoms. The fourth-order valence-electron chi connectivity index (χ4n) is 8.89. The first-order valence-corrected chi connectivity index (χ1v) is 25.4. The van der Waals surface area contributed by atoms with Gasteiger partial charge in [0.05, 0.1) is 117 Å². The Morgan fingerprint density at radius 2 is 1.21 bits per heavy atom. The molecule has 0 spiro atoms. The largest absolute Gasteiger partial charge is 0.495 e. The van der Waals surface area contributed by atoms with Gasteiger partial charge in [-0.1, -0.05) is 59.6 Å². The minimum Gasteiger partial charge on any atom is -0.495 e. The van der Waals surface area contributed by atoms with Crippen LogP contribution in [0.3, 0.4) is 0 Å². The SMILES string of the molecule is C=CC(=O)N[C@H]1CCOC[C@H]1Nc1cc2c(OCC)nc(-c3c(Cl)c(OC)cc(OCC4CC4COc4nc(-c5c(Cl)c(OC)cc(OC)c5Cl)cc5cnc(N[C@@H]6COC[C@@H]6NC(=O)C=C)nc45)c3Cl)cc2cn1. The van der Waals surface area contributed by atoms with Crippen LogP contribution in [0.15, 0.2) is 68.0 Å². The predicted molar refractivity (Wildman–Crippen MR) is 287 cm³/mol. The first kappa shape index (κ1) is 53.2. The van der Waals surface area contributed by atoms with Gasteiger partial charge in [-0.25, -0.2) is 24.9 Å². The molecule has 2 unspecified atom stereocenters. The van der Waals surface area contributed by atoms with E-state index in [1.54, 1.807) is 30.6 Å². The highest BCUT2D eigenvalue weighted by Gasteiger charge is 2.39. The van der Waals surface area contributed by atoms with Crippen molar-refractivity contribution in [1.82, 2.24) is 35.6 Å². The molecular formula is C52H53Cl4N9O10. The average molecular weight is 1110 g/mol. The number of nitrogens with zero attached hydrogens (tertiary/aromatic N) is 5. The Hall–Kier alpha value is -6.61. The Morgan fingerprint density at radius 1 is 0.653 bits per heavy atom. The predicted octanol–water partition coefficient (Wildman–Crippen LogP) is 8.79. The summed E-state index contributed by atoms with van der Waals surface area (Å²) in [4.78, 5) is 48.3. The van der Waals surface area contributed by atoms with Crippen molar-refractivity contribution in [2.45, 2.75) is 43.9 Å². The summed E-state index contributed by atoms with van der Waals surface area (Å²) in [5.41, 5.74) is 1.93. The molecule has 6 atom stereocenters. The maximum absolute atomic E-state index is 12.2. The van der Waals surface area contributed by atoms with Crippen LogP contribution in [0, 0.1) is 11.8 Å². The highest BCUT2D eigenvalue weighted by atomic mass is 35.5. The van der Waals surface area contributed by atoms with Gasteiger partial charge in [0.15, 0.2) is 0 Å². The van der Waals surface area contributed by atoms with E-state index in [2.05, 4.69) is 39.4 Å². The van der Waals surface area contributed by atoms with Crippen molar-refractivity contribution in [2.24, 2.45) is 11.8 Å². The molecule has 3 fully saturated rings. The van der Waals surface area contributed by atoms with Crippen molar-refractivity contribution < 1.29 is 47.5 Å². The van der Waals surface area contributed by atoms with Crippen molar-refractivity contribution in [3.8, 4) is 57.3 Å². The van der Waals surface area contributed by atoms with Crippen LogP contribution in [0.2, 0.25) is 20.1 Å². The van der Waals surface area contributed by atoms with Crippen LogP contribution < -0.4 is 49.7 Å². The summed E-state index contributed by atoms with van der Waals surface area (Å²) in [6.45, 7) is 11.3. The van der Waals surface area contributed by atoms with Gasteiger partial charge in [0, 0.05) is 58.4 Å². The number of pyridine rings is 3. The summed E-state index contributed by atoms with van der Waals surface area (Å²) in [7, 11) is 4.49. The molecule has 0 radical (unpaired) electrons. The lowest BCUT2D eigenvalue weighted by Crippen LogP contribution is -2.52. The van der Waals surface area contributed by atoms with Crippen LogP contribution in [0.5, 0.6) is 34.8 Å². The van der Waals surface area contributed by atoms with Crippen molar-refractivity contribution in [1.29, 1.82) is 0 Å². The van der Waals surface area contributed by atoms with E-state index in [1.165, 1.54) is 33.5 Å². The zero-order chi connectivity index (χ0) is 52.9. The zero-order valence-electron chi connectivity index (χ0n) is 41.3. The van der Waals surface area contributed by atoms with Gasteiger partial charge in [-0.2, -0.15) is 0 Å². The molecule has 2 saturated heterocycles. The van der Waals surface area contributed by atoms with Crippen LogP contribution in [0.1, 0.15) is 19.8 Å². The standard InChI is InChI=1S/C52H53Cl4N9O10/c1-7-41(66)60-30-10-11-71-22-33(30)59-40-15-29-25(18-57-40)13-31(62-50(29)73-9-3)44-47(55)38(70-6)17-39(48(44)56)74-20-27-12-28(27)21-75-51-49-26(14-32(63-51)43-45(53)36(68-4)16-37(69-5)46(43)54)19-58-52(65-49)64-35-24-72-23-34(35)61-42(67)8-2/h7-8,13-19,27-28,30,33-35H,1-2,9-12,20-24H2,3-6H3,(H,57,59)(H,60,66)(H,61,67)(H,58,64,65)/t27?,28?,30-,33+,34-,35+/m0/s1. The second-order valence-corrected chi connectivity index (χ2v) is 19.3. The van der Waals surface area contributed by atoms with E-state index in [1.807, 2.05) is 19.1 Å². The molecule has 2 amide bonds. The molecule has 0 bridgehead atoms. The maximum atomic E-state index is 12.2. The second kappa shape index (κ2) is 23.5. The molecule has 4 aromatic heterocycles. The molecule has 4 N–H and O–H groups in total. The number of hydrogen-bond donors (Lipinski definition) is 4. The number of anilines is 2. The Balaban J connectivity index is 0.950. The topological polar surface area (TPSA) is 221 Å². The maximum Gasteiger partial charge on any atom is 0.243 e. The fraction of sp³-hybridized carbons (Fsp3) is 0.365. The van der Waals surface area contributed by atoms with E-state index < -0.39 is 0 Å². The van der Waals surface area contributed by atoms with Crippen LogP contribution >= 0.6 is 46.4 Å². The first-order valence-electron chi connectivity index (χ1n) is 23.9. The van der Waals surface area contributed by atoms with Crippen molar-refractivity contribution >= 4 is 91.7 Å². The monoisotopic (exact) mass is 1100 g/mol. The Morgan fingerprint density at radius 3 is 1.87 bits per heavy atom. The minimum atomic E-state index is -0.347. The fourth-order valence-corrected chi connectivity index (χ4v) is 10.3. The van der Waals surface area contributed by atoms with Crippen LogP contribution in [0.4, 0.5) is 11.8 Å². The molecule has 1 saturated carbocycles. The first-order chi connectivity index (χ1) is 36.3. The normalized spacial score (nSPS) is 19.9. The molecule has 3 aliphatic rings.